The fraction of sp³-hybridized carbons (Fsp3) is 0.500. The highest BCUT2D eigenvalue weighted by Gasteiger charge is 2.33. The second kappa shape index (κ2) is 7.08. The molecule has 0 spiro atoms. The Morgan fingerprint density at radius 3 is 2.80 bits per heavy atom. The predicted molar refractivity (Wildman–Crippen MR) is 76.1 cm³/mol. The van der Waals surface area contributed by atoms with Crippen LogP contribution in [0.3, 0.4) is 0 Å². The Bertz CT molecular complexity index is 458. The third-order valence-electron chi connectivity index (χ3n) is 3.65. The molecule has 20 heavy (non-hydrogen) atoms. The zero-order valence-electron chi connectivity index (χ0n) is 11.8. The second-order valence-corrected chi connectivity index (χ2v) is 5.14. The third-order valence-corrected chi connectivity index (χ3v) is 3.65. The summed E-state index contributed by atoms with van der Waals surface area (Å²) in [5, 5.41) is 2.82. The lowest BCUT2D eigenvalue weighted by Gasteiger charge is -2.24. The summed E-state index contributed by atoms with van der Waals surface area (Å²) in [5.74, 6) is -0.273. The Morgan fingerprint density at radius 1 is 1.35 bits per heavy atom. The first-order valence-corrected chi connectivity index (χ1v) is 7.20. The molecule has 1 aromatic rings. The molecule has 1 saturated heterocycles. The molecule has 0 aliphatic carbocycles. The Labute approximate surface area is 119 Å². The number of ether oxygens (including phenoxy) is 1. The van der Waals surface area contributed by atoms with Crippen LogP contribution in [0.25, 0.3) is 0 Å². The molecule has 1 heterocycles. The number of nitrogens with one attached hydrogen (secondary N) is 1. The van der Waals surface area contributed by atoms with E-state index in [1.54, 1.807) is 6.92 Å². The Morgan fingerprint density at radius 2 is 2.10 bits per heavy atom. The van der Waals surface area contributed by atoms with E-state index in [1.165, 1.54) is 5.56 Å². The van der Waals surface area contributed by atoms with Gasteiger partial charge in [-0.25, -0.2) is 4.79 Å². The summed E-state index contributed by atoms with van der Waals surface area (Å²) in [7, 11) is 0. The summed E-state index contributed by atoms with van der Waals surface area (Å²) in [6.07, 6.45) is 2.95. The number of amides is 1. The van der Waals surface area contributed by atoms with Crippen LogP contribution >= 0.6 is 0 Å². The van der Waals surface area contributed by atoms with Crippen LogP contribution in [-0.2, 0) is 20.7 Å². The van der Waals surface area contributed by atoms with Gasteiger partial charge in [-0.05, 0) is 37.7 Å². The lowest BCUT2D eigenvalue weighted by atomic mass is 9.89. The third kappa shape index (κ3) is 3.83. The molecule has 1 aliphatic rings. The van der Waals surface area contributed by atoms with Crippen molar-refractivity contribution in [1.29, 1.82) is 0 Å². The van der Waals surface area contributed by atoms with Gasteiger partial charge in [0.2, 0.25) is 5.91 Å². The molecule has 0 aromatic heterocycles. The van der Waals surface area contributed by atoms with Crippen molar-refractivity contribution in [2.24, 2.45) is 5.92 Å². The smallest absolute Gasteiger partial charge is 0.328 e. The van der Waals surface area contributed by atoms with Gasteiger partial charge in [-0.3, -0.25) is 4.79 Å². The predicted octanol–water partition coefficient (Wildman–Crippen LogP) is 2.08. The maximum Gasteiger partial charge on any atom is 0.328 e. The average molecular weight is 275 g/mol. The van der Waals surface area contributed by atoms with Crippen molar-refractivity contribution in [3.05, 3.63) is 35.9 Å². The van der Waals surface area contributed by atoms with Crippen molar-refractivity contribution >= 4 is 11.9 Å². The van der Waals surface area contributed by atoms with Crippen LogP contribution in [0.1, 0.15) is 31.7 Å². The molecule has 0 unspecified atom stereocenters. The first-order chi connectivity index (χ1) is 9.70. The summed E-state index contributed by atoms with van der Waals surface area (Å²) in [6.45, 7) is 2.12. The molecule has 1 N–H and O–H groups in total. The standard InChI is InChI=1S/C16H21NO3/c1-2-20-16(19)15-13(9-6-10-14(18)17-15)11-12-7-4-3-5-8-12/h3-5,7-8,13,15H,2,6,9-11H2,1H3,(H,17,18)/t13-,15-/m1/s1. The highest BCUT2D eigenvalue weighted by molar-refractivity contribution is 5.85. The lowest BCUT2D eigenvalue weighted by Crippen LogP contribution is -2.45. The summed E-state index contributed by atoms with van der Waals surface area (Å²) >= 11 is 0. The van der Waals surface area contributed by atoms with Crippen LogP contribution < -0.4 is 5.32 Å². The summed E-state index contributed by atoms with van der Waals surface area (Å²) < 4.78 is 5.10. The van der Waals surface area contributed by atoms with Crippen molar-refractivity contribution < 1.29 is 14.3 Å². The largest absolute Gasteiger partial charge is 0.464 e. The van der Waals surface area contributed by atoms with Gasteiger partial charge in [0.15, 0.2) is 0 Å². The van der Waals surface area contributed by atoms with Crippen LogP contribution in [0.5, 0.6) is 0 Å². The van der Waals surface area contributed by atoms with Crippen LogP contribution in [0.15, 0.2) is 30.3 Å². The fourth-order valence-electron chi connectivity index (χ4n) is 2.68. The molecular weight excluding hydrogens is 254 g/mol. The zero-order chi connectivity index (χ0) is 14.4. The van der Waals surface area contributed by atoms with E-state index in [9.17, 15) is 9.59 Å². The number of hydrogen-bond acceptors (Lipinski definition) is 3. The van der Waals surface area contributed by atoms with Gasteiger partial charge in [-0.15, -0.1) is 0 Å². The lowest BCUT2D eigenvalue weighted by molar-refractivity contribution is -0.148. The number of hydrogen-bond donors (Lipinski definition) is 1. The highest BCUT2D eigenvalue weighted by Crippen LogP contribution is 2.23. The van der Waals surface area contributed by atoms with Crippen LogP contribution in [0.4, 0.5) is 0 Å². The van der Waals surface area contributed by atoms with Crippen molar-refractivity contribution in [2.75, 3.05) is 6.61 Å². The van der Waals surface area contributed by atoms with Gasteiger partial charge in [0, 0.05) is 6.42 Å². The minimum Gasteiger partial charge on any atom is -0.464 e. The summed E-state index contributed by atoms with van der Waals surface area (Å²) in [4.78, 5) is 23.7. The van der Waals surface area contributed by atoms with E-state index in [0.29, 0.717) is 13.0 Å². The molecule has 1 aliphatic heterocycles. The van der Waals surface area contributed by atoms with E-state index in [-0.39, 0.29) is 17.8 Å². The first kappa shape index (κ1) is 14.6. The maximum atomic E-state index is 12.1. The number of esters is 1. The Balaban J connectivity index is 2.12. The maximum absolute atomic E-state index is 12.1. The van der Waals surface area contributed by atoms with Crippen LogP contribution in [0, 0.1) is 5.92 Å². The SMILES string of the molecule is CCOC(=O)[C@@H]1NC(=O)CCC[C@@H]1Cc1ccccc1. The Kier molecular flexibility index (Phi) is 5.16. The van der Waals surface area contributed by atoms with E-state index >= 15 is 0 Å². The second-order valence-electron chi connectivity index (χ2n) is 5.14. The average Bonchev–Trinajstić information content (AvgIpc) is 2.62. The molecular formula is C16H21NO3. The molecule has 0 radical (unpaired) electrons. The van der Waals surface area contributed by atoms with Crippen molar-refractivity contribution in [3.63, 3.8) is 0 Å². The van der Waals surface area contributed by atoms with Crippen molar-refractivity contribution in [2.45, 2.75) is 38.6 Å². The molecule has 0 saturated carbocycles. The number of carbonyl (C=O) groups excluding carboxylic acids is 2. The zero-order valence-corrected chi connectivity index (χ0v) is 11.8. The van der Waals surface area contributed by atoms with Crippen LogP contribution in [-0.4, -0.2) is 24.5 Å². The minimum atomic E-state index is -0.523. The highest BCUT2D eigenvalue weighted by atomic mass is 16.5. The summed E-state index contributed by atoms with van der Waals surface area (Å²) in [6, 6.07) is 9.53. The molecule has 0 bridgehead atoms. The summed E-state index contributed by atoms with van der Waals surface area (Å²) in [5.41, 5.74) is 1.18. The van der Waals surface area contributed by atoms with E-state index in [0.717, 1.165) is 19.3 Å². The van der Waals surface area contributed by atoms with E-state index in [1.807, 2.05) is 18.2 Å². The van der Waals surface area contributed by atoms with Gasteiger partial charge in [0.05, 0.1) is 6.61 Å². The van der Waals surface area contributed by atoms with E-state index < -0.39 is 6.04 Å². The molecule has 1 aromatic carbocycles. The van der Waals surface area contributed by atoms with Crippen molar-refractivity contribution in [1.82, 2.24) is 5.32 Å². The molecule has 2 rings (SSSR count). The topological polar surface area (TPSA) is 55.4 Å². The normalized spacial score (nSPS) is 22.8. The first-order valence-electron chi connectivity index (χ1n) is 7.20. The van der Waals surface area contributed by atoms with Gasteiger partial charge in [-0.2, -0.15) is 0 Å². The molecule has 2 atom stereocenters. The molecule has 108 valence electrons. The van der Waals surface area contributed by atoms with E-state index in [4.69, 9.17) is 4.74 Å². The molecule has 1 amide bonds. The Hall–Kier alpha value is -1.84. The van der Waals surface area contributed by atoms with Crippen LogP contribution in [0.2, 0.25) is 0 Å². The van der Waals surface area contributed by atoms with Gasteiger partial charge in [0.25, 0.3) is 0 Å². The quantitative estimate of drug-likeness (QED) is 0.856. The van der Waals surface area contributed by atoms with Gasteiger partial charge < -0.3 is 10.1 Å². The van der Waals surface area contributed by atoms with E-state index in [2.05, 4.69) is 17.4 Å². The molecule has 4 nitrogen and oxygen atoms in total. The number of rotatable bonds is 4. The monoisotopic (exact) mass is 275 g/mol. The van der Waals surface area contributed by atoms with Gasteiger partial charge in [0.1, 0.15) is 6.04 Å². The fourth-order valence-corrected chi connectivity index (χ4v) is 2.68. The minimum absolute atomic E-state index is 0.0568. The molecule has 4 heteroatoms. The number of carbonyl (C=O) groups is 2. The van der Waals surface area contributed by atoms with Gasteiger partial charge in [-0.1, -0.05) is 30.3 Å². The van der Waals surface area contributed by atoms with Crippen molar-refractivity contribution in [3.8, 4) is 0 Å². The molecule has 1 fully saturated rings. The van der Waals surface area contributed by atoms with Gasteiger partial charge >= 0.3 is 5.97 Å². The number of benzene rings is 1.